The first-order valence-electron chi connectivity index (χ1n) is 10.3. The number of thioether (sulfide) groups is 1. The first kappa shape index (κ1) is 25.8. The van der Waals surface area contributed by atoms with Crippen molar-refractivity contribution in [2.24, 2.45) is 0 Å². The van der Waals surface area contributed by atoms with E-state index < -0.39 is 40.6 Å². The molecule has 1 saturated heterocycles. The molecule has 0 aliphatic carbocycles. The third kappa shape index (κ3) is 5.64. The molecule has 0 aromatic heterocycles. The third-order valence-corrected chi connectivity index (χ3v) is 7.32. The summed E-state index contributed by atoms with van der Waals surface area (Å²) < 4.78 is 49.4. The first-order valence-corrected chi connectivity index (χ1v) is 11.2. The molecule has 182 valence electrons. The van der Waals surface area contributed by atoms with E-state index in [9.17, 15) is 33.6 Å². The van der Waals surface area contributed by atoms with E-state index in [2.05, 4.69) is 0 Å². The molecule has 5 atom stereocenters. The normalized spacial score (nSPS) is 25.8. The van der Waals surface area contributed by atoms with Crippen LogP contribution in [0.15, 0.2) is 36.4 Å². The Hall–Kier alpha value is -1.82. The van der Waals surface area contributed by atoms with Crippen molar-refractivity contribution >= 4 is 11.8 Å². The lowest BCUT2D eigenvalue weighted by molar-refractivity contribution is -0.137. The molecule has 6 nitrogen and oxygen atoms in total. The topological polar surface area (TPSA) is 99.4 Å². The van der Waals surface area contributed by atoms with E-state index in [0.717, 1.165) is 23.9 Å². The Balaban J connectivity index is 2.01. The summed E-state index contributed by atoms with van der Waals surface area (Å²) in [6, 6.07) is 8.34. The third-order valence-electron chi connectivity index (χ3n) is 5.72. The van der Waals surface area contributed by atoms with Gasteiger partial charge in [-0.1, -0.05) is 18.2 Å². The highest BCUT2D eigenvalue weighted by Crippen LogP contribution is 2.45. The number of hydrogen-bond acceptors (Lipinski definition) is 7. The van der Waals surface area contributed by atoms with Crippen LogP contribution in [0.4, 0.5) is 13.2 Å². The molecule has 3 rings (SSSR count). The zero-order chi connectivity index (χ0) is 24.3. The highest BCUT2D eigenvalue weighted by molar-refractivity contribution is 8.00. The maximum atomic E-state index is 12.9. The molecule has 0 radical (unpaired) electrons. The molecule has 2 aromatic rings. The molecule has 4 N–H and O–H groups in total. The van der Waals surface area contributed by atoms with Gasteiger partial charge in [0.15, 0.2) is 0 Å². The number of aliphatic hydroxyl groups excluding tert-OH is 4. The number of benzene rings is 2. The van der Waals surface area contributed by atoms with Gasteiger partial charge in [-0.05, 0) is 40.5 Å². The average molecular weight is 489 g/mol. The molecule has 1 unspecified atom stereocenters. The molecule has 0 spiro atoms. The van der Waals surface area contributed by atoms with Gasteiger partial charge in [0.2, 0.25) is 0 Å². The molecule has 1 heterocycles. The molecule has 1 aliphatic heterocycles. The summed E-state index contributed by atoms with van der Waals surface area (Å²) in [6.07, 6.45) is -8.21. The fourth-order valence-electron chi connectivity index (χ4n) is 3.95. The summed E-state index contributed by atoms with van der Waals surface area (Å²) in [7, 11) is 2.99. The highest BCUT2D eigenvalue weighted by atomic mass is 32.2. The van der Waals surface area contributed by atoms with Crippen molar-refractivity contribution in [1.82, 2.24) is 0 Å². The minimum atomic E-state index is -4.42. The Morgan fingerprint density at radius 2 is 1.61 bits per heavy atom. The molecule has 0 saturated carbocycles. The van der Waals surface area contributed by atoms with Crippen molar-refractivity contribution in [1.29, 1.82) is 0 Å². The van der Waals surface area contributed by atoms with Crippen LogP contribution in [0.1, 0.15) is 33.1 Å². The fourth-order valence-corrected chi connectivity index (χ4v) is 5.42. The Morgan fingerprint density at radius 1 is 0.939 bits per heavy atom. The van der Waals surface area contributed by atoms with Crippen molar-refractivity contribution in [3.05, 3.63) is 64.2 Å². The van der Waals surface area contributed by atoms with Gasteiger partial charge in [0.1, 0.15) is 11.9 Å². The number of ether oxygens (including phenoxy) is 2. The monoisotopic (exact) mass is 488 g/mol. The molecule has 10 heteroatoms. The standard InChI is InChI=1S/C23H27F3O6S/c1-31-11-14-9-17(32-2)13(7-12-3-5-15(6-4-12)23(24,25)26)8-16(14)22-21(30)20(29)19(28)18(10-27)33-22/h3-6,8-9,18-22,27-30H,7,10-11H2,1-2H3/t18-,19-,20?,21-,22+/m1/s1. The molecular formula is C23H27F3O6S. The van der Waals surface area contributed by atoms with Gasteiger partial charge in [-0.25, -0.2) is 0 Å². The van der Waals surface area contributed by atoms with E-state index in [-0.39, 0.29) is 19.6 Å². The SMILES string of the molecule is COCc1cc(OC)c(Cc2ccc(C(F)(F)F)cc2)cc1[C@@H]1S[C@H](CO)[C@@H](O)C(O)[C@H]1O. The summed E-state index contributed by atoms with van der Waals surface area (Å²) in [6.45, 7) is -0.210. The van der Waals surface area contributed by atoms with Crippen LogP contribution in [0.5, 0.6) is 5.75 Å². The van der Waals surface area contributed by atoms with E-state index in [1.807, 2.05) is 0 Å². The quantitative estimate of drug-likeness (QED) is 0.476. The van der Waals surface area contributed by atoms with Crippen LogP contribution in [0.25, 0.3) is 0 Å². The van der Waals surface area contributed by atoms with Crippen LogP contribution in [-0.4, -0.2) is 64.8 Å². The van der Waals surface area contributed by atoms with E-state index in [1.165, 1.54) is 26.4 Å². The maximum absolute atomic E-state index is 12.9. The minimum Gasteiger partial charge on any atom is -0.496 e. The van der Waals surface area contributed by atoms with Gasteiger partial charge in [0, 0.05) is 13.5 Å². The summed E-state index contributed by atoms with van der Waals surface area (Å²) in [4.78, 5) is 0. The summed E-state index contributed by atoms with van der Waals surface area (Å²) in [5.74, 6) is 0.500. The molecule has 0 bridgehead atoms. The largest absolute Gasteiger partial charge is 0.496 e. The second-order valence-electron chi connectivity index (χ2n) is 7.92. The zero-order valence-corrected chi connectivity index (χ0v) is 18.9. The van der Waals surface area contributed by atoms with Crippen molar-refractivity contribution in [2.45, 2.75) is 48.0 Å². The van der Waals surface area contributed by atoms with E-state index in [1.54, 1.807) is 12.1 Å². The van der Waals surface area contributed by atoms with Gasteiger partial charge < -0.3 is 29.9 Å². The van der Waals surface area contributed by atoms with Crippen molar-refractivity contribution in [2.75, 3.05) is 20.8 Å². The van der Waals surface area contributed by atoms with Crippen LogP contribution >= 0.6 is 11.8 Å². The molecule has 1 fully saturated rings. The lowest BCUT2D eigenvalue weighted by Gasteiger charge is -2.40. The fraction of sp³-hybridized carbons (Fsp3) is 0.478. The number of methoxy groups -OCH3 is 2. The lowest BCUT2D eigenvalue weighted by atomic mass is 9.91. The van der Waals surface area contributed by atoms with Gasteiger partial charge in [0.05, 0.1) is 48.6 Å². The van der Waals surface area contributed by atoms with Gasteiger partial charge in [-0.2, -0.15) is 13.2 Å². The number of hydrogen-bond donors (Lipinski definition) is 4. The van der Waals surface area contributed by atoms with Gasteiger partial charge >= 0.3 is 6.18 Å². The van der Waals surface area contributed by atoms with Crippen molar-refractivity contribution < 1.29 is 43.1 Å². The maximum Gasteiger partial charge on any atom is 0.416 e. The lowest BCUT2D eigenvalue weighted by Crippen LogP contribution is -2.51. The second-order valence-corrected chi connectivity index (χ2v) is 9.30. The van der Waals surface area contributed by atoms with Gasteiger partial charge in [0.25, 0.3) is 0 Å². The molecule has 2 aromatic carbocycles. The highest BCUT2D eigenvalue weighted by Gasteiger charge is 2.44. The smallest absolute Gasteiger partial charge is 0.416 e. The van der Waals surface area contributed by atoms with Gasteiger partial charge in [-0.3, -0.25) is 0 Å². The Bertz CT molecular complexity index is 935. The van der Waals surface area contributed by atoms with Gasteiger partial charge in [-0.15, -0.1) is 11.8 Å². The van der Waals surface area contributed by atoms with Crippen molar-refractivity contribution in [3.8, 4) is 5.75 Å². The predicted octanol–water partition coefficient (Wildman–Crippen LogP) is 2.68. The predicted molar refractivity (Wildman–Crippen MR) is 117 cm³/mol. The second kappa shape index (κ2) is 10.6. The minimum absolute atomic E-state index is 0.179. The first-order chi connectivity index (χ1) is 15.6. The van der Waals surface area contributed by atoms with E-state index in [0.29, 0.717) is 28.0 Å². The summed E-state index contributed by atoms with van der Waals surface area (Å²) in [5.41, 5.74) is 1.87. The number of halogens is 3. The Morgan fingerprint density at radius 3 is 2.15 bits per heavy atom. The Kier molecular flexibility index (Phi) is 8.31. The van der Waals surface area contributed by atoms with Crippen LogP contribution < -0.4 is 4.74 Å². The van der Waals surface area contributed by atoms with Crippen LogP contribution in [0, 0.1) is 0 Å². The average Bonchev–Trinajstić information content (AvgIpc) is 2.78. The number of rotatable bonds is 7. The zero-order valence-electron chi connectivity index (χ0n) is 18.1. The van der Waals surface area contributed by atoms with E-state index >= 15 is 0 Å². The summed E-state index contributed by atoms with van der Waals surface area (Å²) >= 11 is 1.15. The molecule has 1 aliphatic rings. The van der Waals surface area contributed by atoms with E-state index in [4.69, 9.17) is 9.47 Å². The molecule has 33 heavy (non-hydrogen) atoms. The Labute approximate surface area is 194 Å². The van der Waals surface area contributed by atoms with Crippen LogP contribution in [0.2, 0.25) is 0 Å². The number of aliphatic hydroxyl groups is 4. The van der Waals surface area contributed by atoms with Crippen LogP contribution in [0.3, 0.4) is 0 Å². The van der Waals surface area contributed by atoms with Crippen LogP contribution in [-0.2, 0) is 23.9 Å². The number of alkyl halides is 3. The molecular weight excluding hydrogens is 461 g/mol. The van der Waals surface area contributed by atoms with Crippen molar-refractivity contribution in [3.63, 3.8) is 0 Å². The summed E-state index contributed by atoms with van der Waals surface area (Å²) in [5, 5.41) is 39.4. The molecule has 0 amide bonds.